The molecule has 0 saturated heterocycles. The molecule has 0 aliphatic heterocycles. The van der Waals surface area contributed by atoms with Gasteiger partial charge in [0, 0.05) is 6.54 Å². The monoisotopic (exact) mass is 144 g/mol. The predicted molar refractivity (Wildman–Crippen MR) is 22.0 cm³/mol. The van der Waals surface area contributed by atoms with Crippen LogP contribution in [0.3, 0.4) is 0 Å². The van der Waals surface area contributed by atoms with E-state index < -0.39 is 0 Å². The van der Waals surface area contributed by atoms with Crippen molar-refractivity contribution >= 4 is 9.30 Å². The maximum absolute atomic E-state index is 7.75. The van der Waals surface area contributed by atoms with Crippen LogP contribution in [0.4, 0.5) is 0 Å². The van der Waals surface area contributed by atoms with E-state index in [0.29, 0.717) is 6.54 Å². The molecule has 0 amide bonds. The SMILES string of the molecule is NCCO.[Cl][Ti]. The first-order valence-electron chi connectivity index (χ1n) is 1.41. The zero-order chi connectivity index (χ0) is 5.41. The molecular weight excluding hydrogens is 137 g/mol. The third kappa shape index (κ3) is 20.5. The second kappa shape index (κ2) is 16.8. The summed E-state index contributed by atoms with van der Waals surface area (Å²) in [6.07, 6.45) is 0. The average molecular weight is 144 g/mol. The van der Waals surface area contributed by atoms with E-state index in [2.05, 4.69) is 9.30 Å². The van der Waals surface area contributed by atoms with Crippen molar-refractivity contribution in [1.29, 1.82) is 0 Å². The van der Waals surface area contributed by atoms with Crippen LogP contribution < -0.4 is 5.73 Å². The van der Waals surface area contributed by atoms with Gasteiger partial charge in [-0.2, -0.15) is 0 Å². The zero-order valence-corrected chi connectivity index (χ0v) is 5.63. The standard InChI is InChI=1S/C2H7NO.ClH.Ti/c3-1-2-4;;/h4H,1-3H2;1H;/q;;+1/p-1. The number of rotatable bonds is 1. The fourth-order valence-corrected chi connectivity index (χ4v) is 0. The van der Waals surface area contributed by atoms with E-state index in [0.717, 1.165) is 0 Å². The molecule has 3 N–H and O–H groups in total. The Morgan fingerprint density at radius 3 is 1.83 bits per heavy atom. The minimum absolute atomic E-state index is 0.0972. The van der Waals surface area contributed by atoms with Gasteiger partial charge < -0.3 is 10.8 Å². The Morgan fingerprint density at radius 2 is 1.83 bits per heavy atom. The van der Waals surface area contributed by atoms with Gasteiger partial charge in [-0.15, -0.1) is 0 Å². The van der Waals surface area contributed by atoms with Crippen LogP contribution in [-0.2, 0) is 19.4 Å². The van der Waals surface area contributed by atoms with E-state index in [9.17, 15) is 0 Å². The normalized spacial score (nSPS) is 5.67. The van der Waals surface area contributed by atoms with Crippen molar-refractivity contribution in [3.05, 3.63) is 0 Å². The van der Waals surface area contributed by atoms with Crippen LogP contribution in [0.2, 0.25) is 0 Å². The van der Waals surface area contributed by atoms with Crippen LogP contribution in [-0.4, -0.2) is 18.3 Å². The average Bonchev–Trinajstić information content (AvgIpc) is 1.72. The summed E-state index contributed by atoms with van der Waals surface area (Å²) in [5.41, 5.74) is 4.78. The Kier molecular flexibility index (Phi) is 28.1. The second-order valence-corrected chi connectivity index (χ2v) is 0.512. The van der Waals surface area contributed by atoms with E-state index in [4.69, 9.17) is 10.8 Å². The summed E-state index contributed by atoms with van der Waals surface area (Å²) in [5.74, 6) is 0. The van der Waals surface area contributed by atoms with Gasteiger partial charge in [-0.3, -0.25) is 0 Å². The molecule has 0 aromatic rings. The number of aliphatic hydroxyl groups excluding tert-OH is 1. The van der Waals surface area contributed by atoms with E-state index >= 15 is 0 Å². The molecule has 2 nitrogen and oxygen atoms in total. The van der Waals surface area contributed by atoms with E-state index in [1.807, 2.05) is 0 Å². The van der Waals surface area contributed by atoms with Crippen LogP contribution in [0.5, 0.6) is 0 Å². The van der Waals surface area contributed by atoms with Crippen molar-refractivity contribution in [3.63, 3.8) is 0 Å². The summed E-state index contributed by atoms with van der Waals surface area (Å²) in [5, 5.41) is 7.75. The van der Waals surface area contributed by atoms with Crippen molar-refractivity contribution < 1.29 is 24.5 Å². The van der Waals surface area contributed by atoms with Gasteiger partial charge in [0.2, 0.25) is 0 Å². The Bertz CT molecular complexity index is 15.5. The van der Waals surface area contributed by atoms with E-state index in [-0.39, 0.29) is 6.61 Å². The van der Waals surface area contributed by atoms with E-state index in [1.54, 1.807) is 0 Å². The van der Waals surface area contributed by atoms with Crippen molar-refractivity contribution in [1.82, 2.24) is 0 Å². The Balaban J connectivity index is 0. The summed E-state index contributed by atoms with van der Waals surface area (Å²) < 4.78 is 0. The summed E-state index contributed by atoms with van der Waals surface area (Å²) in [7, 11) is 4.64. The number of nitrogens with two attached hydrogens (primary N) is 1. The molecule has 6 heavy (non-hydrogen) atoms. The fraction of sp³-hybridized carbons (Fsp3) is 1.00. The van der Waals surface area contributed by atoms with Gasteiger partial charge in [0.15, 0.2) is 0 Å². The molecule has 0 aromatic carbocycles. The zero-order valence-electron chi connectivity index (χ0n) is 3.32. The van der Waals surface area contributed by atoms with Gasteiger partial charge >= 0.3 is 28.7 Å². The van der Waals surface area contributed by atoms with Gasteiger partial charge in [-0.25, -0.2) is 0 Å². The van der Waals surface area contributed by atoms with Crippen LogP contribution in [0.1, 0.15) is 0 Å². The quantitative estimate of drug-likeness (QED) is 0.493. The molecule has 0 fully saturated rings. The third-order valence-corrected chi connectivity index (χ3v) is 0.129. The van der Waals surface area contributed by atoms with Crippen LogP contribution in [0.15, 0.2) is 0 Å². The summed E-state index contributed by atoms with van der Waals surface area (Å²) >= 11 is 1.47. The van der Waals surface area contributed by atoms with Crippen LogP contribution in [0, 0.1) is 0 Å². The number of hydrogen-bond acceptors (Lipinski definition) is 2. The van der Waals surface area contributed by atoms with Crippen molar-refractivity contribution in [2.45, 2.75) is 0 Å². The molecule has 0 aliphatic carbocycles. The number of aliphatic hydroxyl groups is 1. The van der Waals surface area contributed by atoms with Crippen molar-refractivity contribution in [2.75, 3.05) is 13.2 Å². The molecule has 4 heteroatoms. The molecule has 0 aromatic heterocycles. The van der Waals surface area contributed by atoms with Crippen molar-refractivity contribution in [2.24, 2.45) is 5.73 Å². The third-order valence-electron chi connectivity index (χ3n) is 0.129. The first-order valence-corrected chi connectivity index (χ1v) is 3.56. The topological polar surface area (TPSA) is 46.2 Å². The molecule has 0 radical (unpaired) electrons. The second-order valence-electron chi connectivity index (χ2n) is 0.512. The molecule has 0 saturated carbocycles. The number of hydrogen-bond donors (Lipinski definition) is 2. The van der Waals surface area contributed by atoms with Gasteiger partial charge in [0.05, 0.1) is 6.61 Å². The molecule has 0 heterocycles. The molecule has 0 atom stereocenters. The summed E-state index contributed by atoms with van der Waals surface area (Å²) in [4.78, 5) is 0. The molecule has 0 aliphatic rings. The fourth-order valence-electron chi connectivity index (χ4n) is 0. The molecule has 0 bridgehead atoms. The van der Waals surface area contributed by atoms with Crippen molar-refractivity contribution in [3.8, 4) is 0 Å². The molecular formula is C2H7ClNOTi. The van der Waals surface area contributed by atoms with Gasteiger partial charge in [-0.1, -0.05) is 0 Å². The Labute approximate surface area is 53.0 Å². The first kappa shape index (κ1) is 10.0. The minimum atomic E-state index is 0.0972. The maximum atomic E-state index is 7.75. The first-order chi connectivity index (χ1) is 2.91. The van der Waals surface area contributed by atoms with Gasteiger partial charge in [-0.05, 0) is 0 Å². The Morgan fingerprint density at radius 1 is 1.67 bits per heavy atom. The molecule has 37 valence electrons. The molecule has 0 unspecified atom stereocenters. The van der Waals surface area contributed by atoms with Gasteiger partial charge in [0.1, 0.15) is 0 Å². The van der Waals surface area contributed by atoms with E-state index in [1.165, 1.54) is 19.4 Å². The predicted octanol–water partition coefficient (Wildman–Crippen LogP) is -0.376. The molecule has 0 spiro atoms. The Hall–Kier alpha value is 0.924. The molecule has 0 rings (SSSR count). The van der Waals surface area contributed by atoms with Crippen LogP contribution >= 0.6 is 9.30 Å². The summed E-state index contributed by atoms with van der Waals surface area (Å²) in [6, 6.07) is 0. The van der Waals surface area contributed by atoms with Crippen LogP contribution in [0.25, 0.3) is 0 Å². The van der Waals surface area contributed by atoms with Gasteiger partial charge in [0.25, 0.3) is 0 Å². The summed E-state index contributed by atoms with van der Waals surface area (Å²) in [6.45, 7) is 0.472. The number of halogens is 1.